The van der Waals surface area contributed by atoms with Crippen LogP contribution in [-0.4, -0.2) is 61.8 Å². The Morgan fingerprint density at radius 3 is 3.00 bits per heavy atom. The molecule has 13 heteroatoms. The van der Waals surface area contributed by atoms with E-state index in [1.165, 1.54) is 33.8 Å². The van der Waals surface area contributed by atoms with Gasteiger partial charge in [-0.25, -0.2) is 15.0 Å². The van der Waals surface area contributed by atoms with Crippen LogP contribution in [0.3, 0.4) is 0 Å². The fourth-order valence-corrected chi connectivity index (χ4v) is 3.16. The molecule has 4 heterocycles. The number of imidazole rings is 1. The van der Waals surface area contributed by atoms with E-state index in [4.69, 9.17) is 0 Å². The predicted molar refractivity (Wildman–Crippen MR) is 75.2 cm³/mol. The minimum absolute atomic E-state index is 0.129. The van der Waals surface area contributed by atoms with E-state index in [2.05, 4.69) is 45.9 Å². The summed E-state index contributed by atoms with van der Waals surface area (Å²) in [7, 11) is 0. The normalized spacial score (nSPS) is 13.0. The van der Waals surface area contributed by atoms with Crippen molar-refractivity contribution in [3.8, 4) is 0 Å². The molecule has 0 aliphatic carbocycles. The van der Waals surface area contributed by atoms with Crippen LogP contribution in [0.1, 0.15) is 17.6 Å². The Morgan fingerprint density at radius 1 is 1.23 bits per heavy atom. The van der Waals surface area contributed by atoms with E-state index >= 15 is 0 Å². The predicted octanol–water partition coefficient (Wildman–Crippen LogP) is -0.487. The molecule has 1 atom stereocenters. The molecule has 0 spiro atoms. The summed E-state index contributed by atoms with van der Waals surface area (Å²) in [5.41, 5.74) is 0.780. The van der Waals surface area contributed by atoms with Gasteiger partial charge in [0.05, 0.1) is 6.20 Å². The summed E-state index contributed by atoms with van der Waals surface area (Å²) in [6.07, 6.45) is 2.17. The maximum atomic E-state index is 10.4. The zero-order valence-corrected chi connectivity index (χ0v) is 12.5. The molecule has 4 rings (SSSR count). The molecule has 0 aromatic carbocycles. The van der Waals surface area contributed by atoms with Gasteiger partial charge < -0.3 is 5.11 Å². The highest BCUT2D eigenvalue weighted by molar-refractivity contribution is 8.00. The van der Waals surface area contributed by atoms with Crippen molar-refractivity contribution in [2.45, 2.75) is 10.4 Å². The summed E-state index contributed by atoms with van der Waals surface area (Å²) in [6, 6.07) is 0. The van der Waals surface area contributed by atoms with Crippen molar-refractivity contribution in [2.75, 3.05) is 6.26 Å². The van der Waals surface area contributed by atoms with E-state index < -0.39 is 6.10 Å². The zero-order chi connectivity index (χ0) is 15.1. The molecule has 0 aliphatic rings. The second-order valence-corrected chi connectivity index (χ2v) is 6.08. The maximum absolute atomic E-state index is 10.4. The Morgan fingerprint density at radius 2 is 2.14 bits per heavy atom. The standard InChI is InChI=1S/C9H6N10OS2/c1-21-9-12-6-7(22-9)11-5(13-14-6)4(20)3-2-10-8-15-16-17-18-19(3)8/h2,4,20H,1H3. The molecule has 1 unspecified atom stereocenters. The van der Waals surface area contributed by atoms with Crippen LogP contribution in [0.2, 0.25) is 0 Å². The van der Waals surface area contributed by atoms with E-state index in [-0.39, 0.29) is 11.6 Å². The molecular weight excluding hydrogens is 328 g/mol. The summed E-state index contributed by atoms with van der Waals surface area (Å²) < 4.78 is 2.10. The molecule has 11 nitrogen and oxygen atoms in total. The number of hydrogen-bond acceptors (Lipinski definition) is 12. The molecule has 0 saturated heterocycles. The minimum atomic E-state index is -1.16. The largest absolute Gasteiger partial charge is 0.379 e. The van der Waals surface area contributed by atoms with Crippen LogP contribution in [0, 0.1) is 0 Å². The van der Waals surface area contributed by atoms with Gasteiger partial charge in [-0.2, -0.15) is 4.52 Å². The number of aliphatic hydroxyl groups excluding tert-OH is 1. The highest BCUT2D eigenvalue weighted by Gasteiger charge is 2.21. The van der Waals surface area contributed by atoms with E-state index in [0.717, 1.165) is 4.34 Å². The van der Waals surface area contributed by atoms with Gasteiger partial charge in [0.25, 0.3) is 5.78 Å². The number of aliphatic hydroxyl groups is 1. The van der Waals surface area contributed by atoms with Crippen LogP contribution in [0.4, 0.5) is 0 Å². The van der Waals surface area contributed by atoms with Crippen molar-refractivity contribution in [3.63, 3.8) is 0 Å². The number of aromatic nitrogens is 10. The van der Waals surface area contributed by atoms with Crippen LogP contribution < -0.4 is 0 Å². The monoisotopic (exact) mass is 334 g/mol. The Kier molecular flexibility index (Phi) is 3.09. The van der Waals surface area contributed by atoms with Crippen molar-refractivity contribution < 1.29 is 5.11 Å². The lowest BCUT2D eigenvalue weighted by Crippen LogP contribution is -2.11. The average molecular weight is 334 g/mol. The summed E-state index contributed by atoms with van der Waals surface area (Å²) in [5, 5.41) is 32.6. The van der Waals surface area contributed by atoms with Crippen molar-refractivity contribution in [1.29, 1.82) is 0 Å². The van der Waals surface area contributed by atoms with Gasteiger partial charge in [0.1, 0.15) is 5.69 Å². The molecule has 0 amide bonds. The number of thioether (sulfide) groups is 1. The third-order valence-electron chi connectivity index (χ3n) is 2.78. The smallest absolute Gasteiger partial charge is 0.273 e. The van der Waals surface area contributed by atoms with Crippen molar-refractivity contribution in [3.05, 3.63) is 17.7 Å². The van der Waals surface area contributed by atoms with E-state index in [1.54, 1.807) is 0 Å². The molecular formula is C9H6N10OS2. The fraction of sp³-hybridized carbons (Fsp3) is 0.222. The molecule has 4 aromatic heterocycles. The summed E-state index contributed by atoms with van der Waals surface area (Å²) in [6.45, 7) is 0. The highest BCUT2D eigenvalue weighted by atomic mass is 32.2. The van der Waals surface area contributed by atoms with E-state index in [1.807, 2.05) is 6.26 Å². The first-order valence-electron chi connectivity index (χ1n) is 5.89. The number of fused-ring (bicyclic) bond motifs is 2. The SMILES string of the molecule is CSc1nc2nnc(C(O)c3cnc4nnnnn34)nc2s1. The van der Waals surface area contributed by atoms with Gasteiger partial charge in [0.15, 0.2) is 21.1 Å². The third kappa shape index (κ3) is 2.06. The molecule has 0 bridgehead atoms. The van der Waals surface area contributed by atoms with Gasteiger partial charge in [-0.05, 0) is 21.9 Å². The molecule has 22 heavy (non-hydrogen) atoms. The molecule has 1 N–H and O–H groups in total. The molecule has 4 aromatic rings. The number of hydrogen-bond donors (Lipinski definition) is 1. The average Bonchev–Trinajstić information content (AvgIpc) is 3.17. The van der Waals surface area contributed by atoms with Crippen molar-refractivity contribution in [1.82, 2.24) is 50.4 Å². The Hall–Kier alpha value is -2.38. The van der Waals surface area contributed by atoms with Crippen LogP contribution in [0.15, 0.2) is 10.5 Å². The van der Waals surface area contributed by atoms with Crippen molar-refractivity contribution in [2.24, 2.45) is 0 Å². The number of thiazole rings is 1. The van der Waals surface area contributed by atoms with Gasteiger partial charge in [0, 0.05) is 0 Å². The third-order valence-corrected chi connectivity index (χ3v) is 4.71. The van der Waals surface area contributed by atoms with Gasteiger partial charge in [-0.15, -0.1) is 10.2 Å². The minimum Gasteiger partial charge on any atom is -0.379 e. The van der Waals surface area contributed by atoms with Gasteiger partial charge in [0.2, 0.25) is 5.65 Å². The Labute approximate surface area is 129 Å². The lowest BCUT2D eigenvalue weighted by atomic mass is 10.2. The quantitative estimate of drug-likeness (QED) is 0.485. The Balaban J connectivity index is 1.80. The highest BCUT2D eigenvalue weighted by Crippen LogP contribution is 2.26. The number of nitrogens with zero attached hydrogens (tertiary/aromatic N) is 10. The molecule has 0 aliphatic heterocycles. The van der Waals surface area contributed by atoms with Crippen LogP contribution in [0.25, 0.3) is 16.3 Å². The second-order valence-electron chi connectivity index (χ2n) is 4.05. The first kappa shape index (κ1) is 13.3. The lowest BCUT2D eigenvalue weighted by molar-refractivity contribution is 0.201. The van der Waals surface area contributed by atoms with Crippen LogP contribution in [-0.2, 0) is 0 Å². The summed E-state index contributed by atoms with van der Waals surface area (Å²) >= 11 is 2.88. The maximum Gasteiger partial charge on any atom is 0.273 e. The summed E-state index contributed by atoms with van der Waals surface area (Å²) in [4.78, 5) is 13.1. The molecule has 0 fully saturated rings. The number of rotatable bonds is 3. The van der Waals surface area contributed by atoms with Crippen LogP contribution in [0.5, 0.6) is 0 Å². The Bertz CT molecular complexity index is 967. The van der Waals surface area contributed by atoms with Crippen LogP contribution >= 0.6 is 23.1 Å². The first-order valence-corrected chi connectivity index (χ1v) is 7.93. The van der Waals surface area contributed by atoms with Gasteiger partial charge >= 0.3 is 0 Å². The molecule has 0 radical (unpaired) electrons. The van der Waals surface area contributed by atoms with E-state index in [9.17, 15) is 5.11 Å². The van der Waals surface area contributed by atoms with E-state index in [0.29, 0.717) is 16.2 Å². The van der Waals surface area contributed by atoms with Gasteiger partial charge in [-0.3, -0.25) is 0 Å². The second kappa shape index (κ2) is 5.11. The molecule has 0 saturated carbocycles. The summed E-state index contributed by atoms with van der Waals surface area (Å²) in [5.74, 6) is 0.352. The zero-order valence-electron chi connectivity index (χ0n) is 10.9. The van der Waals surface area contributed by atoms with Gasteiger partial charge in [-0.1, -0.05) is 28.2 Å². The topological polar surface area (TPSA) is 141 Å². The first-order chi connectivity index (χ1) is 10.8. The lowest BCUT2D eigenvalue weighted by Gasteiger charge is -2.06. The van der Waals surface area contributed by atoms with Crippen molar-refractivity contribution >= 4 is 39.4 Å². The fourth-order valence-electron chi connectivity index (χ4n) is 1.80. The molecule has 110 valence electrons.